The van der Waals surface area contributed by atoms with Gasteiger partial charge in [-0.1, -0.05) is 292 Å². The Labute approximate surface area is 425 Å². The lowest BCUT2D eigenvalue weighted by Crippen LogP contribution is -2.45. The number of carbonyl (C=O) groups excluding carboxylic acids is 1. The molecule has 0 spiro atoms. The fourth-order valence-corrected chi connectivity index (χ4v) is 9.04. The van der Waals surface area contributed by atoms with Crippen LogP contribution in [0.3, 0.4) is 0 Å². The molecule has 0 aliphatic heterocycles. The Morgan fingerprint density at radius 2 is 0.618 bits per heavy atom. The average Bonchev–Trinajstić information content (AvgIpc) is 3.34. The molecule has 4 nitrogen and oxygen atoms in total. The molecule has 0 radical (unpaired) electrons. The molecule has 2 atom stereocenters. The van der Waals surface area contributed by atoms with Crippen LogP contribution in [0.1, 0.15) is 309 Å². The number of unbranched alkanes of at least 4 members (excludes halogenated alkanes) is 38. The van der Waals surface area contributed by atoms with E-state index in [0.717, 1.165) is 51.4 Å². The lowest BCUT2D eigenvalue weighted by atomic mass is 10.0. The number of nitrogens with one attached hydrogen (secondary N) is 1. The molecule has 4 heteroatoms. The van der Waals surface area contributed by atoms with Gasteiger partial charge in [0.15, 0.2) is 0 Å². The predicted octanol–water partition coefficient (Wildman–Crippen LogP) is 20.1. The molecule has 0 heterocycles. The second-order valence-corrected chi connectivity index (χ2v) is 20.4. The molecule has 2 unspecified atom stereocenters. The molecule has 0 saturated carbocycles. The maximum Gasteiger partial charge on any atom is 0.220 e. The first-order valence-electron chi connectivity index (χ1n) is 30.2. The maximum atomic E-state index is 12.5. The predicted molar refractivity (Wildman–Crippen MR) is 304 cm³/mol. The first kappa shape index (κ1) is 65.8. The van der Waals surface area contributed by atoms with Crippen LogP contribution in [0.5, 0.6) is 0 Å². The summed E-state index contributed by atoms with van der Waals surface area (Å²) in [6.45, 7) is 4.30. The fourth-order valence-electron chi connectivity index (χ4n) is 9.04. The topological polar surface area (TPSA) is 69.6 Å². The average molecular weight is 949 g/mol. The van der Waals surface area contributed by atoms with Crippen LogP contribution >= 0.6 is 0 Å². The monoisotopic (exact) mass is 948 g/mol. The van der Waals surface area contributed by atoms with Crippen LogP contribution in [0.15, 0.2) is 72.9 Å². The molecule has 68 heavy (non-hydrogen) atoms. The molecule has 0 aromatic carbocycles. The van der Waals surface area contributed by atoms with Gasteiger partial charge in [0.05, 0.1) is 18.8 Å². The summed E-state index contributed by atoms with van der Waals surface area (Å²) < 4.78 is 0. The van der Waals surface area contributed by atoms with Crippen molar-refractivity contribution in [1.82, 2.24) is 5.32 Å². The molecule has 0 aromatic rings. The highest BCUT2D eigenvalue weighted by molar-refractivity contribution is 5.76. The minimum absolute atomic E-state index is 0.0813. The summed E-state index contributed by atoms with van der Waals surface area (Å²) in [5.74, 6) is -0.0813. The molecule has 396 valence electrons. The molecule has 0 aliphatic carbocycles. The number of carbonyl (C=O) groups is 1. The number of allylic oxidation sites excluding steroid dienone is 11. The summed E-state index contributed by atoms with van der Waals surface area (Å²) in [7, 11) is 0. The third-order valence-corrected chi connectivity index (χ3v) is 13.6. The van der Waals surface area contributed by atoms with Crippen molar-refractivity contribution in [1.29, 1.82) is 0 Å². The number of rotatable bonds is 55. The smallest absolute Gasteiger partial charge is 0.220 e. The number of hydrogen-bond acceptors (Lipinski definition) is 3. The zero-order valence-electron chi connectivity index (χ0n) is 45.6. The van der Waals surface area contributed by atoms with E-state index in [2.05, 4.69) is 79.9 Å². The maximum absolute atomic E-state index is 12.5. The summed E-state index contributed by atoms with van der Waals surface area (Å²) in [6, 6.07) is -0.653. The molecule has 0 aliphatic rings. The third kappa shape index (κ3) is 54.8. The SMILES string of the molecule is CCCCCCC/C=C\C/C=C\C/C=C\CCCCCCCCCCCCC(=O)NC(CO)C(O)/C=C/CC/C=C/CC/C=C/CCCCCCCCCCCCCCCCCCCCCCC. The van der Waals surface area contributed by atoms with E-state index in [1.807, 2.05) is 6.08 Å². The zero-order valence-corrected chi connectivity index (χ0v) is 45.6. The van der Waals surface area contributed by atoms with Gasteiger partial charge in [0, 0.05) is 6.42 Å². The zero-order chi connectivity index (χ0) is 49.2. The third-order valence-electron chi connectivity index (χ3n) is 13.6. The molecule has 0 bridgehead atoms. The first-order valence-corrected chi connectivity index (χ1v) is 30.2. The van der Waals surface area contributed by atoms with E-state index in [1.165, 1.54) is 238 Å². The second kappa shape index (κ2) is 59.1. The van der Waals surface area contributed by atoms with Crippen LogP contribution in [0, 0.1) is 0 Å². The molecule has 3 N–H and O–H groups in total. The van der Waals surface area contributed by atoms with E-state index in [9.17, 15) is 15.0 Å². The van der Waals surface area contributed by atoms with Gasteiger partial charge in [-0.15, -0.1) is 0 Å². The van der Waals surface area contributed by atoms with Gasteiger partial charge in [-0.25, -0.2) is 0 Å². The summed E-state index contributed by atoms with van der Waals surface area (Å²) in [6.07, 6.45) is 85.1. The van der Waals surface area contributed by atoms with Crippen LogP contribution in [0.25, 0.3) is 0 Å². The number of aliphatic hydroxyl groups excluding tert-OH is 2. The van der Waals surface area contributed by atoms with Crippen LogP contribution in [-0.4, -0.2) is 34.9 Å². The minimum atomic E-state index is -0.877. The Kier molecular flexibility index (Phi) is 57.3. The van der Waals surface area contributed by atoms with Crippen molar-refractivity contribution in [3.8, 4) is 0 Å². The van der Waals surface area contributed by atoms with Crippen molar-refractivity contribution < 1.29 is 15.0 Å². The summed E-state index contributed by atoms with van der Waals surface area (Å²) in [5, 5.41) is 23.2. The van der Waals surface area contributed by atoms with Crippen molar-refractivity contribution in [2.24, 2.45) is 0 Å². The van der Waals surface area contributed by atoms with Crippen molar-refractivity contribution in [3.63, 3.8) is 0 Å². The molecule has 0 saturated heterocycles. The van der Waals surface area contributed by atoms with Crippen LogP contribution in [0.2, 0.25) is 0 Å². The van der Waals surface area contributed by atoms with E-state index in [1.54, 1.807) is 6.08 Å². The van der Waals surface area contributed by atoms with Gasteiger partial charge in [0.2, 0.25) is 5.91 Å². The molecule has 0 rings (SSSR count). The fraction of sp³-hybridized carbons (Fsp3) is 0.797. The molecular weight excluding hydrogens is 831 g/mol. The van der Waals surface area contributed by atoms with Gasteiger partial charge in [0.1, 0.15) is 0 Å². The Morgan fingerprint density at radius 1 is 0.353 bits per heavy atom. The van der Waals surface area contributed by atoms with Gasteiger partial charge >= 0.3 is 0 Å². The van der Waals surface area contributed by atoms with Gasteiger partial charge in [0.25, 0.3) is 0 Å². The largest absolute Gasteiger partial charge is 0.394 e. The van der Waals surface area contributed by atoms with Crippen molar-refractivity contribution >= 4 is 5.91 Å². The normalized spacial score (nSPS) is 13.3. The van der Waals surface area contributed by atoms with Gasteiger partial charge in [-0.2, -0.15) is 0 Å². The van der Waals surface area contributed by atoms with Gasteiger partial charge in [-0.05, 0) is 83.5 Å². The highest BCUT2D eigenvalue weighted by atomic mass is 16.3. The van der Waals surface area contributed by atoms with E-state index >= 15 is 0 Å². The molecule has 0 fully saturated rings. The quantitative estimate of drug-likeness (QED) is 0.0420. The van der Waals surface area contributed by atoms with E-state index in [4.69, 9.17) is 0 Å². The summed E-state index contributed by atoms with van der Waals surface area (Å²) in [5.41, 5.74) is 0. The Bertz CT molecular complexity index is 1170. The number of aliphatic hydroxyl groups is 2. The summed E-state index contributed by atoms with van der Waals surface area (Å²) in [4.78, 5) is 12.5. The van der Waals surface area contributed by atoms with Crippen molar-refractivity contribution in [2.45, 2.75) is 321 Å². The van der Waals surface area contributed by atoms with E-state index < -0.39 is 12.1 Å². The van der Waals surface area contributed by atoms with Crippen molar-refractivity contribution in [2.75, 3.05) is 6.61 Å². The molecular formula is C64H117NO3. The highest BCUT2D eigenvalue weighted by Gasteiger charge is 2.18. The summed E-state index contributed by atoms with van der Waals surface area (Å²) >= 11 is 0. The van der Waals surface area contributed by atoms with Gasteiger partial charge in [-0.3, -0.25) is 4.79 Å². The second-order valence-electron chi connectivity index (χ2n) is 20.4. The van der Waals surface area contributed by atoms with Crippen LogP contribution in [-0.2, 0) is 4.79 Å². The van der Waals surface area contributed by atoms with Crippen LogP contribution in [0.4, 0.5) is 0 Å². The molecule has 1 amide bonds. The molecule has 0 aromatic heterocycles. The number of amides is 1. The minimum Gasteiger partial charge on any atom is -0.394 e. The first-order chi connectivity index (χ1) is 33.7. The van der Waals surface area contributed by atoms with E-state index in [0.29, 0.717) is 6.42 Å². The van der Waals surface area contributed by atoms with E-state index in [-0.39, 0.29) is 12.5 Å². The Balaban J connectivity index is 3.56. The van der Waals surface area contributed by atoms with Gasteiger partial charge < -0.3 is 15.5 Å². The van der Waals surface area contributed by atoms with Crippen molar-refractivity contribution in [3.05, 3.63) is 72.9 Å². The van der Waals surface area contributed by atoms with Crippen LogP contribution < -0.4 is 5.32 Å². The Hall–Kier alpha value is -2.17. The Morgan fingerprint density at radius 3 is 0.956 bits per heavy atom. The highest BCUT2D eigenvalue weighted by Crippen LogP contribution is 2.17. The lowest BCUT2D eigenvalue weighted by Gasteiger charge is -2.19. The standard InChI is InChI=1S/C64H117NO3/c1-3-5-7-9-11-13-15-17-19-21-23-25-27-29-30-31-32-33-34-36-37-39-41-43-45-47-49-51-53-55-57-59-63(67)62(61-66)65-64(68)60-58-56-54-52-50-48-46-44-42-40-38-35-28-26-24-22-20-18-16-14-12-10-8-6-4-2/h16,18,22,24,28,35,41,43,49,51,57,59,62-63,66-67H,3-15,17,19-21,23,25-27,29-34,36-40,42,44-48,50,52-56,58,60-61H2,1-2H3,(H,65,68)/b18-16-,24-22-,35-28-,43-41+,51-49+,59-57+. The lowest BCUT2D eigenvalue weighted by molar-refractivity contribution is -0.123. The number of hydrogen-bond donors (Lipinski definition) is 3.